The lowest BCUT2D eigenvalue weighted by atomic mass is 10.3. The Kier molecular flexibility index (Phi) is 3.00. The minimum Gasteiger partial charge on any atom is -0.378 e. The summed E-state index contributed by atoms with van der Waals surface area (Å²) in [6.45, 7) is 6.46. The summed E-state index contributed by atoms with van der Waals surface area (Å²) >= 11 is 0. The molecule has 0 spiro atoms. The van der Waals surface area contributed by atoms with Crippen molar-refractivity contribution in [1.29, 1.82) is 0 Å². The van der Waals surface area contributed by atoms with Crippen molar-refractivity contribution in [3.63, 3.8) is 0 Å². The van der Waals surface area contributed by atoms with E-state index in [1.54, 1.807) is 6.07 Å². The van der Waals surface area contributed by atoms with Gasteiger partial charge in [-0.3, -0.25) is 0 Å². The number of hydrogen-bond donors (Lipinski definition) is 0. The number of hydrogen-bond acceptors (Lipinski definition) is 1. The van der Waals surface area contributed by atoms with Crippen LogP contribution in [0, 0.1) is 5.82 Å². The molecule has 0 amide bonds. The van der Waals surface area contributed by atoms with E-state index in [-0.39, 0.29) is 5.82 Å². The third-order valence-electron chi connectivity index (χ3n) is 2.28. The second-order valence-corrected chi connectivity index (χ2v) is 9.85. The Morgan fingerprint density at radius 3 is 2.07 bits per heavy atom. The van der Waals surface area contributed by atoms with Crippen LogP contribution in [0.2, 0.25) is 19.6 Å². The van der Waals surface area contributed by atoms with Gasteiger partial charge in [-0.2, -0.15) is 0 Å². The van der Waals surface area contributed by atoms with Crippen LogP contribution < -0.4 is 10.1 Å². The number of halogens is 1. The van der Waals surface area contributed by atoms with Crippen LogP contribution >= 0.6 is 0 Å². The predicted octanol–water partition coefficient (Wildman–Crippen LogP) is 2.44. The minimum atomic E-state index is -1.53. The van der Waals surface area contributed by atoms with Crippen molar-refractivity contribution in [2.45, 2.75) is 19.6 Å². The van der Waals surface area contributed by atoms with Crippen molar-refractivity contribution in [3.8, 4) is 0 Å². The van der Waals surface area contributed by atoms with Crippen LogP contribution in [0.15, 0.2) is 18.2 Å². The first-order chi connectivity index (χ1) is 6.32. The second kappa shape index (κ2) is 3.73. The third-order valence-corrected chi connectivity index (χ3v) is 4.30. The van der Waals surface area contributed by atoms with Crippen molar-refractivity contribution in [2.24, 2.45) is 0 Å². The molecule has 0 saturated heterocycles. The summed E-state index contributed by atoms with van der Waals surface area (Å²) in [5.41, 5.74) is 0.921. The number of nitrogens with zero attached hydrogens (tertiary/aromatic N) is 1. The summed E-state index contributed by atoms with van der Waals surface area (Å²) in [6.07, 6.45) is 0. The fourth-order valence-electron chi connectivity index (χ4n) is 1.39. The molecule has 1 nitrogen and oxygen atoms in total. The zero-order chi connectivity index (χ0) is 10.9. The molecule has 1 aromatic carbocycles. The summed E-state index contributed by atoms with van der Waals surface area (Å²) in [7, 11) is 2.31. The Morgan fingerprint density at radius 1 is 1.14 bits per heavy atom. The summed E-state index contributed by atoms with van der Waals surface area (Å²) < 4.78 is 13.7. The largest absolute Gasteiger partial charge is 0.378 e. The van der Waals surface area contributed by atoms with Crippen molar-refractivity contribution in [1.82, 2.24) is 0 Å². The van der Waals surface area contributed by atoms with Gasteiger partial charge in [-0.15, -0.1) is 0 Å². The molecule has 0 aliphatic carbocycles. The molecule has 0 N–H and O–H groups in total. The first-order valence-corrected chi connectivity index (χ1v) is 8.30. The Hall–Kier alpha value is -0.833. The van der Waals surface area contributed by atoms with E-state index in [9.17, 15) is 4.39 Å². The maximum Gasteiger partial charge on any atom is 0.124 e. The van der Waals surface area contributed by atoms with Gasteiger partial charge < -0.3 is 4.90 Å². The zero-order valence-electron chi connectivity index (χ0n) is 9.56. The Bertz CT molecular complexity index is 329. The summed E-state index contributed by atoms with van der Waals surface area (Å²) in [4.78, 5) is 1.91. The highest BCUT2D eigenvalue weighted by Gasteiger charge is 2.20. The minimum absolute atomic E-state index is 0.0598. The van der Waals surface area contributed by atoms with Crippen molar-refractivity contribution < 1.29 is 4.39 Å². The Labute approximate surface area is 86.6 Å². The lowest BCUT2D eigenvalue weighted by molar-refractivity contribution is 0.635. The first-order valence-electron chi connectivity index (χ1n) is 4.80. The Morgan fingerprint density at radius 2 is 1.71 bits per heavy atom. The first kappa shape index (κ1) is 11.2. The summed E-state index contributed by atoms with van der Waals surface area (Å²) in [5, 5.41) is 0.906. The fourth-order valence-corrected chi connectivity index (χ4v) is 2.76. The van der Waals surface area contributed by atoms with Crippen LogP contribution in [-0.4, -0.2) is 22.2 Å². The van der Waals surface area contributed by atoms with Crippen molar-refractivity contribution in [3.05, 3.63) is 24.0 Å². The maximum atomic E-state index is 13.7. The summed E-state index contributed by atoms with van der Waals surface area (Å²) in [5.74, 6) is -0.0598. The lowest BCUT2D eigenvalue weighted by Crippen LogP contribution is -2.40. The molecular weight excluding hydrogens is 193 g/mol. The smallest absolute Gasteiger partial charge is 0.124 e. The van der Waals surface area contributed by atoms with Gasteiger partial charge in [-0.25, -0.2) is 4.39 Å². The molecule has 0 aromatic heterocycles. The van der Waals surface area contributed by atoms with Crippen LogP contribution in [0.4, 0.5) is 10.1 Å². The number of anilines is 1. The van der Waals surface area contributed by atoms with Crippen LogP contribution in [-0.2, 0) is 0 Å². The number of benzene rings is 1. The van der Waals surface area contributed by atoms with Gasteiger partial charge in [0.15, 0.2) is 0 Å². The molecule has 14 heavy (non-hydrogen) atoms. The molecule has 1 aromatic rings. The molecular formula is C11H18FNSi. The van der Waals surface area contributed by atoms with Crippen LogP contribution in [0.5, 0.6) is 0 Å². The molecule has 0 radical (unpaired) electrons. The normalized spacial score (nSPS) is 11.6. The van der Waals surface area contributed by atoms with Crippen molar-refractivity contribution >= 4 is 18.9 Å². The van der Waals surface area contributed by atoms with Crippen LogP contribution in [0.1, 0.15) is 0 Å². The molecule has 0 heterocycles. The van der Waals surface area contributed by atoms with E-state index in [1.165, 1.54) is 0 Å². The van der Waals surface area contributed by atoms with Gasteiger partial charge >= 0.3 is 0 Å². The van der Waals surface area contributed by atoms with E-state index in [0.717, 1.165) is 10.9 Å². The van der Waals surface area contributed by atoms with Gasteiger partial charge in [0.2, 0.25) is 0 Å². The molecule has 0 saturated carbocycles. The highest BCUT2D eigenvalue weighted by Crippen LogP contribution is 2.14. The third kappa shape index (κ3) is 2.35. The van der Waals surface area contributed by atoms with E-state index >= 15 is 0 Å². The second-order valence-electron chi connectivity index (χ2n) is 4.81. The standard InChI is InChI=1S/C11H18FNSi/c1-13(2)9-6-7-11(10(12)8-9)14(3,4)5/h6-8H,1-5H3. The molecule has 1 rings (SSSR count). The molecule has 0 aliphatic heterocycles. The highest BCUT2D eigenvalue weighted by molar-refractivity contribution is 6.88. The molecule has 0 atom stereocenters. The SMILES string of the molecule is CN(C)c1ccc([Si](C)(C)C)c(F)c1. The average molecular weight is 211 g/mol. The molecule has 78 valence electrons. The molecule has 0 aliphatic rings. The van der Waals surface area contributed by atoms with Gasteiger partial charge in [0.25, 0.3) is 0 Å². The van der Waals surface area contributed by atoms with Crippen LogP contribution in [0.25, 0.3) is 0 Å². The molecule has 0 fully saturated rings. The van der Waals surface area contributed by atoms with E-state index in [0.29, 0.717) is 0 Å². The van der Waals surface area contributed by atoms with E-state index < -0.39 is 8.07 Å². The monoisotopic (exact) mass is 211 g/mol. The van der Waals surface area contributed by atoms with Gasteiger partial charge in [0.05, 0.1) is 8.07 Å². The van der Waals surface area contributed by atoms with Gasteiger partial charge in [0.1, 0.15) is 5.82 Å². The van der Waals surface area contributed by atoms with E-state index in [4.69, 9.17) is 0 Å². The van der Waals surface area contributed by atoms with Gasteiger partial charge in [0, 0.05) is 19.8 Å². The molecule has 0 bridgehead atoms. The quantitative estimate of drug-likeness (QED) is 0.679. The zero-order valence-corrected chi connectivity index (χ0v) is 10.6. The molecule has 0 unspecified atom stereocenters. The predicted molar refractivity (Wildman–Crippen MR) is 63.7 cm³/mol. The maximum absolute atomic E-state index is 13.7. The topological polar surface area (TPSA) is 3.24 Å². The van der Waals surface area contributed by atoms with Crippen molar-refractivity contribution in [2.75, 3.05) is 19.0 Å². The summed E-state index contributed by atoms with van der Waals surface area (Å²) in [6, 6.07) is 5.53. The number of rotatable bonds is 2. The van der Waals surface area contributed by atoms with E-state index in [1.807, 2.05) is 31.1 Å². The van der Waals surface area contributed by atoms with Gasteiger partial charge in [-0.1, -0.05) is 25.7 Å². The van der Waals surface area contributed by atoms with Crippen LogP contribution in [0.3, 0.4) is 0 Å². The average Bonchev–Trinajstić information content (AvgIpc) is 2.01. The van der Waals surface area contributed by atoms with E-state index in [2.05, 4.69) is 19.6 Å². The fraction of sp³-hybridized carbons (Fsp3) is 0.455. The lowest BCUT2D eigenvalue weighted by Gasteiger charge is -2.20. The van der Waals surface area contributed by atoms with Gasteiger partial charge in [-0.05, 0) is 17.3 Å². The highest BCUT2D eigenvalue weighted by atomic mass is 28.3. The molecule has 3 heteroatoms. The Balaban J connectivity index is 3.15.